The van der Waals surface area contributed by atoms with E-state index in [-0.39, 0.29) is 16.3 Å². The highest BCUT2D eigenvalue weighted by molar-refractivity contribution is 7.92. The van der Waals surface area contributed by atoms with Gasteiger partial charge in [-0.1, -0.05) is 24.3 Å². The maximum absolute atomic E-state index is 13.3. The van der Waals surface area contributed by atoms with E-state index in [0.717, 1.165) is 5.56 Å². The Bertz CT molecular complexity index is 1450. The van der Waals surface area contributed by atoms with E-state index in [1.54, 1.807) is 42.5 Å². The molecule has 0 spiro atoms. The van der Waals surface area contributed by atoms with Crippen LogP contribution in [0.3, 0.4) is 0 Å². The number of fused-ring (bicyclic) bond motifs is 1. The molecular weight excluding hydrogens is 443 g/mol. The summed E-state index contributed by atoms with van der Waals surface area (Å²) in [6, 6.07) is 20.8. The maximum atomic E-state index is 13.3. The highest BCUT2D eigenvalue weighted by Gasteiger charge is 2.31. The SMILES string of the molecule is O=C(Nc1cc(-c2ccc(F)cc2)n[nH]1)c1cccc(S(=O)(=O)N2CCc3ccccc32)c1. The first-order chi connectivity index (χ1) is 15.9. The summed E-state index contributed by atoms with van der Waals surface area (Å²) in [4.78, 5) is 12.8. The van der Waals surface area contributed by atoms with Gasteiger partial charge in [0.15, 0.2) is 0 Å². The number of para-hydroxylation sites is 1. The lowest BCUT2D eigenvalue weighted by molar-refractivity contribution is 0.102. The summed E-state index contributed by atoms with van der Waals surface area (Å²) in [6.45, 7) is 0.360. The second kappa shape index (κ2) is 8.18. The van der Waals surface area contributed by atoms with Crippen LogP contribution in [-0.2, 0) is 16.4 Å². The molecular formula is C24H19FN4O3S. The second-order valence-corrected chi connectivity index (χ2v) is 9.47. The summed E-state index contributed by atoms with van der Waals surface area (Å²) in [5, 5.41) is 9.53. The summed E-state index contributed by atoms with van der Waals surface area (Å²) in [7, 11) is -3.81. The van der Waals surface area contributed by atoms with Crippen molar-refractivity contribution in [1.29, 1.82) is 0 Å². The zero-order chi connectivity index (χ0) is 23.0. The number of hydrogen-bond donors (Lipinski definition) is 2. The van der Waals surface area contributed by atoms with Crippen molar-refractivity contribution >= 4 is 27.4 Å². The van der Waals surface area contributed by atoms with Gasteiger partial charge < -0.3 is 5.32 Å². The van der Waals surface area contributed by atoms with Gasteiger partial charge in [0, 0.05) is 23.7 Å². The van der Waals surface area contributed by atoms with E-state index in [0.29, 0.717) is 35.7 Å². The number of nitrogens with one attached hydrogen (secondary N) is 2. The van der Waals surface area contributed by atoms with Gasteiger partial charge in [-0.25, -0.2) is 12.8 Å². The Hall–Kier alpha value is -3.98. The number of aromatic amines is 1. The topological polar surface area (TPSA) is 95.2 Å². The van der Waals surface area contributed by atoms with Crippen LogP contribution in [0.1, 0.15) is 15.9 Å². The Morgan fingerprint density at radius 3 is 2.61 bits per heavy atom. The fourth-order valence-electron chi connectivity index (χ4n) is 3.83. The van der Waals surface area contributed by atoms with Crippen molar-refractivity contribution in [2.45, 2.75) is 11.3 Å². The molecule has 166 valence electrons. The van der Waals surface area contributed by atoms with Gasteiger partial charge in [0.25, 0.3) is 15.9 Å². The fraction of sp³-hybridized carbons (Fsp3) is 0.0833. The van der Waals surface area contributed by atoms with E-state index in [1.807, 2.05) is 12.1 Å². The third-order valence-corrected chi connectivity index (χ3v) is 7.30. The second-order valence-electron chi connectivity index (χ2n) is 7.61. The van der Waals surface area contributed by atoms with Gasteiger partial charge in [0.05, 0.1) is 16.3 Å². The Labute approximate surface area is 189 Å². The summed E-state index contributed by atoms with van der Waals surface area (Å²) >= 11 is 0. The molecule has 0 fully saturated rings. The molecule has 33 heavy (non-hydrogen) atoms. The third-order valence-electron chi connectivity index (χ3n) is 5.49. The van der Waals surface area contributed by atoms with E-state index in [9.17, 15) is 17.6 Å². The van der Waals surface area contributed by atoms with Gasteiger partial charge in [-0.2, -0.15) is 5.10 Å². The molecule has 0 unspecified atom stereocenters. The summed E-state index contributed by atoms with van der Waals surface area (Å²) < 4.78 is 41.0. The van der Waals surface area contributed by atoms with Crippen molar-refractivity contribution in [3.8, 4) is 11.3 Å². The normalized spacial score (nSPS) is 13.1. The van der Waals surface area contributed by atoms with E-state index in [4.69, 9.17) is 0 Å². The lowest BCUT2D eigenvalue weighted by atomic mass is 10.1. The van der Waals surface area contributed by atoms with Crippen LogP contribution in [-0.4, -0.2) is 31.1 Å². The molecule has 0 atom stereocenters. The number of amides is 1. The van der Waals surface area contributed by atoms with Crippen LogP contribution in [0.4, 0.5) is 15.9 Å². The molecule has 7 nitrogen and oxygen atoms in total. The minimum absolute atomic E-state index is 0.0449. The van der Waals surface area contributed by atoms with E-state index in [2.05, 4.69) is 15.5 Å². The van der Waals surface area contributed by atoms with E-state index in [1.165, 1.54) is 28.6 Å². The van der Waals surface area contributed by atoms with Gasteiger partial charge in [0.2, 0.25) is 0 Å². The first-order valence-electron chi connectivity index (χ1n) is 10.3. The van der Waals surface area contributed by atoms with Crippen LogP contribution in [0.2, 0.25) is 0 Å². The molecule has 2 heterocycles. The zero-order valence-electron chi connectivity index (χ0n) is 17.3. The number of aromatic nitrogens is 2. The highest BCUT2D eigenvalue weighted by Crippen LogP contribution is 2.32. The molecule has 2 N–H and O–H groups in total. The van der Waals surface area contributed by atoms with Gasteiger partial charge in [0.1, 0.15) is 11.6 Å². The molecule has 3 aromatic carbocycles. The Morgan fingerprint density at radius 1 is 1.00 bits per heavy atom. The quantitative estimate of drug-likeness (QED) is 0.464. The van der Waals surface area contributed by atoms with Crippen molar-refractivity contribution in [3.63, 3.8) is 0 Å². The molecule has 0 saturated heterocycles. The number of carbonyl (C=O) groups is 1. The van der Waals surface area contributed by atoms with Crippen LogP contribution in [0.15, 0.2) is 83.8 Å². The van der Waals surface area contributed by atoms with Crippen LogP contribution < -0.4 is 9.62 Å². The molecule has 1 aliphatic heterocycles. The first-order valence-corrected chi connectivity index (χ1v) is 11.7. The van der Waals surface area contributed by atoms with Crippen molar-refractivity contribution in [2.75, 3.05) is 16.2 Å². The van der Waals surface area contributed by atoms with Crippen LogP contribution in [0.25, 0.3) is 11.3 Å². The van der Waals surface area contributed by atoms with E-state index >= 15 is 0 Å². The molecule has 1 aliphatic rings. The summed E-state index contributed by atoms with van der Waals surface area (Å²) in [5.74, 6) is -0.501. The average Bonchev–Trinajstić information content (AvgIpc) is 3.47. The number of nitrogens with zero attached hydrogens (tertiary/aromatic N) is 2. The molecule has 9 heteroatoms. The van der Waals surface area contributed by atoms with Gasteiger partial charge in [-0.15, -0.1) is 0 Å². The standard InChI is InChI=1S/C24H19FN4O3S/c25-19-10-8-16(9-11-19)21-15-23(28-27-21)26-24(30)18-5-3-6-20(14-18)33(31,32)29-13-12-17-4-1-2-7-22(17)29/h1-11,14-15H,12-13H2,(H2,26,27,28,30). The Morgan fingerprint density at radius 2 is 1.79 bits per heavy atom. The number of sulfonamides is 1. The molecule has 4 aromatic rings. The monoisotopic (exact) mass is 462 g/mol. The number of hydrogen-bond acceptors (Lipinski definition) is 4. The van der Waals surface area contributed by atoms with Crippen molar-refractivity contribution in [3.05, 3.63) is 95.8 Å². The van der Waals surface area contributed by atoms with E-state index < -0.39 is 15.9 Å². The van der Waals surface area contributed by atoms with Crippen molar-refractivity contribution in [2.24, 2.45) is 0 Å². The maximum Gasteiger partial charge on any atom is 0.264 e. The minimum atomic E-state index is -3.81. The number of anilines is 2. The molecule has 1 amide bonds. The molecule has 0 aliphatic carbocycles. The first kappa shape index (κ1) is 20.9. The van der Waals surface area contributed by atoms with Gasteiger partial charge >= 0.3 is 0 Å². The number of carbonyl (C=O) groups excluding carboxylic acids is 1. The van der Waals surface area contributed by atoms with Crippen molar-refractivity contribution < 1.29 is 17.6 Å². The number of benzene rings is 3. The largest absolute Gasteiger partial charge is 0.307 e. The zero-order valence-corrected chi connectivity index (χ0v) is 18.1. The average molecular weight is 463 g/mol. The van der Waals surface area contributed by atoms with Gasteiger partial charge in [-0.05, 0) is 60.5 Å². The fourth-order valence-corrected chi connectivity index (χ4v) is 5.38. The van der Waals surface area contributed by atoms with Crippen LogP contribution in [0.5, 0.6) is 0 Å². The Balaban J connectivity index is 1.36. The highest BCUT2D eigenvalue weighted by atomic mass is 32.2. The Kier molecular flexibility index (Phi) is 5.18. The van der Waals surface area contributed by atoms with Gasteiger partial charge in [-0.3, -0.25) is 14.2 Å². The number of H-pyrrole nitrogens is 1. The van der Waals surface area contributed by atoms with Crippen LogP contribution in [0, 0.1) is 5.82 Å². The van der Waals surface area contributed by atoms with Crippen molar-refractivity contribution in [1.82, 2.24) is 10.2 Å². The van der Waals surface area contributed by atoms with Crippen LogP contribution >= 0.6 is 0 Å². The predicted molar refractivity (Wildman–Crippen MR) is 123 cm³/mol. The predicted octanol–water partition coefficient (Wildman–Crippen LogP) is 4.22. The molecule has 0 saturated carbocycles. The third kappa shape index (κ3) is 3.98. The minimum Gasteiger partial charge on any atom is -0.307 e. The lowest BCUT2D eigenvalue weighted by Crippen LogP contribution is -2.29. The molecule has 1 aromatic heterocycles. The molecule has 0 bridgehead atoms. The molecule has 5 rings (SSSR count). The number of rotatable bonds is 5. The smallest absolute Gasteiger partial charge is 0.264 e. The molecule has 0 radical (unpaired) electrons. The number of halogens is 1. The summed E-state index contributed by atoms with van der Waals surface area (Å²) in [5.41, 5.74) is 3.06. The summed E-state index contributed by atoms with van der Waals surface area (Å²) in [6.07, 6.45) is 0.645. The lowest BCUT2D eigenvalue weighted by Gasteiger charge is -2.19.